The minimum Gasteiger partial charge on any atom is -0.321 e. The van der Waals surface area contributed by atoms with Gasteiger partial charge in [-0.25, -0.2) is 4.39 Å². The Morgan fingerprint density at radius 3 is 2.62 bits per heavy atom. The summed E-state index contributed by atoms with van der Waals surface area (Å²) < 4.78 is 12.6. The summed E-state index contributed by atoms with van der Waals surface area (Å²) in [6.45, 7) is 1.78. The number of aryl methyl sites for hydroxylation is 1. The Morgan fingerprint density at radius 2 is 2.06 bits per heavy atom. The maximum absolute atomic E-state index is 12.6. The van der Waals surface area contributed by atoms with Gasteiger partial charge in [0.05, 0.1) is 6.20 Å². The van der Waals surface area contributed by atoms with Gasteiger partial charge in [-0.05, 0) is 36.8 Å². The van der Waals surface area contributed by atoms with E-state index in [1.807, 2.05) is 0 Å². The van der Waals surface area contributed by atoms with Gasteiger partial charge in [0, 0.05) is 5.69 Å². The molecule has 4 nitrogen and oxygen atoms in total. The zero-order valence-electron chi connectivity index (χ0n) is 8.62. The molecular formula is C11H10FN3O. The zero-order valence-corrected chi connectivity index (χ0v) is 8.62. The largest absolute Gasteiger partial charge is 0.321 e. The van der Waals surface area contributed by atoms with Gasteiger partial charge in [-0.2, -0.15) is 5.10 Å². The van der Waals surface area contributed by atoms with Crippen molar-refractivity contribution in [2.45, 2.75) is 6.92 Å². The Morgan fingerprint density at radius 1 is 1.38 bits per heavy atom. The fourth-order valence-electron chi connectivity index (χ4n) is 1.30. The van der Waals surface area contributed by atoms with Crippen LogP contribution < -0.4 is 5.32 Å². The van der Waals surface area contributed by atoms with Crippen LogP contribution in [-0.4, -0.2) is 16.1 Å². The minimum absolute atomic E-state index is 0.290. The van der Waals surface area contributed by atoms with Crippen LogP contribution in [0.1, 0.15) is 16.1 Å². The predicted molar refractivity (Wildman–Crippen MR) is 57.7 cm³/mol. The average Bonchev–Trinajstić information content (AvgIpc) is 2.68. The van der Waals surface area contributed by atoms with Gasteiger partial charge in [0.2, 0.25) is 0 Å². The topological polar surface area (TPSA) is 57.8 Å². The van der Waals surface area contributed by atoms with E-state index in [-0.39, 0.29) is 11.7 Å². The zero-order chi connectivity index (χ0) is 11.5. The molecule has 0 aliphatic rings. The number of aromatic nitrogens is 2. The van der Waals surface area contributed by atoms with Crippen molar-refractivity contribution in [1.29, 1.82) is 0 Å². The van der Waals surface area contributed by atoms with Crippen LogP contribution in [0.3, 0.4) is 0 Å². The van der Waals surface area contributed by atoms with Gasteiger partial charge in [0.1, 0.15) is 11.5 Å². The van der Waals surface area contributed by atoms with Gasteiger partial charge in [-0.3, -0.25) is 9.89 Å². The van der Waals surface area contributed by atoms with E-state index in [2.05, 4.69) is 15.5 Å². The highest BCUT2D eigenvalue weighted by molar-refractivity contribution is 6.03. The Bertz CT molecular complexity index is 504. The number of aromatic amines is 1. The minimum atomic E-state index is -0.337. The molecule has 82 valence electrons. The van der Waals surface area contributed by atoms with Gasteiger partial charge >= 0.3 is 0 Å². The maximum Gasteiger partial charge on any atom is 0.273 e. The van der Waals surface area contributed by atoms with Crippen molar-refractivity contribution in [3.63, 3.8) is 0 Å². The van der Waals surface area contributed by atoms with Crippen LogP contribution in [0, 0.1) is 12.7 Å². The first-order chi connectivity index (χ1) is 7.66. The van der Waals surface area contributed by atoms with E-state index < -0.39 is 0 Å². The monoisotopic (exact) mass is 219 g/mol. The lowest BCUT2D eigenvalue weighted by Crippen LogP contribution is -2.13. The van der Waals surface area contributed by atoms with Crippen molar-refractivity contribution >= 4 is 11.6 Å². The number of halogens is 1. The van der Waals surface area contributed by atoms with Crippen LogP contribution in [0.15, 0.2) is 30.5 Å². The molecule has 0 fully saturated rings. The maximum atomic E-state index is 12.6. The van der Waals surface area contributed by atoms with E-state index in [9.17, 15) is 9.18 Å². The fourth-order valence-corrected chi connectivity index (χ4v) is 1.30. The van der Waals surface area contributed by atoms with Crippen LogP contribution in [0.5, 0.6) is 0 Å². The SMILES string of the molecule is Cc1cn[nH]c1C(=O)Nc1ccc(F)cc1. The summed E-state index contributed by atoms with van der Waals surface area (Å²) in [5, 5.41) is 8.99. The van der Waals surface area contributed by atoms with Crippen molar-refractivity contribution in [3.05, 3.63) is 47.5 Å². The van der Waals surface area contributed by atoms with Crippen molar-refractivity contribution in [3.8, 4) is 0 Å². The van der Waals surface area contributed by atoms with Crippen LogP contribution in [0.25, 0.3) is 0 Å². The molecule has 1 aromatic heterocycles. The summed E-state index contributed by atoms with van der Waals surface area (Å²) in [7, 11) is 0. The highest BCUT2D eigenvalue weighted by Crippen LogP contribution is 2.11. The van der Waals surface area contributed by atoms with Crippen LogP contribution >= 0.6 is 0 Å². The third-order valence-corrected chi connectivity index (χ3v) is 2.16. The van der Waals surface area contributed by atoms with E-state index in [0.717, 1.165) is 5.56 Å². The highest BCUT2D eigenvalue weighted by Gasteiger charge is 2.10. The number of amides is 1. The molecular weight excluding hydrogens is 209 g/mol. The summed E-state index contributed by atoms with van der Waals surface area (Å²) in [6, 6.07) is 5.57. The second kappa shape index (κ2) is 4.14. The molecule has 2 aromatic rings. The van der Waals surface area contributed by atoms with Crippen molar-refractivity contribution < 1.29 is 9.18 Å². The summed E-state index contributed by atoms with van der Waals surface area (Å²) in [5.74, 6) is -0.627. The Balaban J connectivity index is 2.14. The van der Waals surface area contributed by atoms with E-state index in [4.69, 9.17) is 0 Å². The number of H-pyrrole nitrogens is 1. The Kier molecular flexibility index (Phi) is 2.68. The molecule has 2 rings (SSSR count). The van der Waals surface area contributed by atoms with E-state index in [1.165, 1.54) is 24.3 Å². The normalized spacial score (nSPS) is 10.1. The first-order valence-corrected chi connectivity index (χ1v) is 4.73. The van der Waals surface area contributed by atoms with Crippen LogP contribution in [-0.2, 0) is 0 Å². The summed E-state index contributed by atoms with van der Waals surface area (Å²) in [6.07, 6.45) is 1.57. The number of benzene rings is 1. The van der Waals surface area contributed by atoms with Crippen molar-refractivity contribution in [2.24, 2.45) is 0 Å². The molecule has 0 bridgehead atoms. The molecule has 0 spiro atoms. The second-order valence-electron chi connectivity index (χ2n) is 3.39. The molecule has 1 amide bonds. The molecule has 16 heavy (non-hydrogen) atoms. The predicted octanol–water partition coefficient (Wildman–Crippen LogP) is 2.11. The second-order valence-corrected chi connectivity index (χ2v) is 3.39. The number of rotatable bonds is 2. The van der Waals surface area contributed by atoms with Gasteiger partial charge in [-0.15, -0.1) is 0 Å². The molecule has 0 aliphatic carbocycles. The molecule has 0 unspecified atom stereocenters. The number of nitrogens with zero attached hydrogens (tertiary/aromatic N) is 1. The molecule has 2 N–H and O–H groups in total. The van der Waals surface area contributed by atoms with Gasteiger partial charge in [-0.1, -0.05) is 0 Å². The molecule has 5 heteroatoms. The lowest BCUT2D eigenvalue weighted by atomic mass is 10.2. The molecule has 1 heterocycles. The summed E-state index contributed by atoms with van der Waals surface area (Å²) in [4.78, 5) is 11.7. The Hall–Kier alpha value is -2.17. The molecule has 0 aliphatic heterocycles. The fraction of sp³-hybridized carbons (Fsp3) is 0.0909. The van der Waals surface area contributed by atoms with Crippen LogP contribution in [0.4, 0.5) is 10.1 Å². The Labute approximate surface area is 91.5 Å². The van der Waals surface area contributed by atoms with Crippen molar-refractivity contribution in [2.75, 3.05) is 5.32 Å². The van der Waals surface area contributed by atoms with Gasteiger partial charge in [0.15, 0.2) is 0 Å². The summed E-state index contributed by atoms with van der Waals surface area (Å²) in [5.41, 5.74) is 1.71. The van der Waals surface area contributed by atoms with Crippen LogP contribution in [0.2, 0.25) is 0 Å². The number of anilines is 1. The molecule has 0 atom stereocenters. The first-order valence-electron chi connectivity index (χ1n) is 4.73. The highest BCUT2D eigenvalue weighted by atomic mass is 19.1. The quantitative estimate of drug-likeness (QED) is 0.812. The third kappa shape index (κ3) is 2.08. The number of nitrogens with one attached hydrogen (secondary N) is 2. The molecule has 1 aromatic carbocycles. The average molecular weight is 219 g/mol. The number of carbonyl (C=O) groups excluding carboxylic acids is 1. The first kappa shape index (κ1) is 10.4. The van der Waals surface area contributed by atoms with E-state index in [0.29, 0.717) is 11.4 Å². The molecule has 0 saturated carbocycles. The number of hydrogen-bond acceptors (Lipinski definition) is 2. The molecule has 0 saturated heterocycles. The molecule has 0 radical (unpaired) electrons. The smallest absolute Gasteiger partial charge is 0.273 e. The lowest BCUT2D eigenvalue weighted by Gasteiger charge is -2.03. The third-order valence-electron chi connectivity index (χ3n) is 2.16. The van der Waals surface area contributed by atoms with Gasteiger partial charge < -0.3 is 5.32 Å². The van der Waals surface area contributed by atoms with Gasteiger partial charge in [0.25, 0.3) is 5.91 Å². The lowest BCUT2D eigenvalue weighted by molar-refractivity contribution is 0.102. The standard InChI is InChI=1S/C11H10FN3O/c1-7-6-13-15-10(7)11(16)14-9-4-2-8(12)3-5-9/h2-6H,1H3,(H,13,15)(H,14,16). The number of hydrogen-bond donors (Lipinski definition) is 2. The summed E-state index contributed by atoms with van der Waals surface area (Å²) >= 11 is 0. The van der Waals surface area contributed by atoms with E-state index in [1.54, 1.807) is 13.1 Å². The van der Waals surface area contributed by atoms with Crippen molar-refractivity contribution in [1.82, 2.24) is 10.2 Å². The number of carbonyl (C=O) groups is 1. The van der Waals surface area contributed by atoms with E-state index >= 15 is 0 Å².